The zero-order chi connectivity index (χ0) is 17.3. The highest BCUT2D eigenvalue weighted by atomic mass is 28.3. The average Bonchev–Trinajstić information content (AvgIpc) is 2.65. The molecule has 0 radical (unpaired) electrons. The molecule has 0 fully saturated rings. The van der Waals surface area contributed by atoms with Crippen molar-refractivity contribution in [1.29, 1.82) is 0 Å². The van der Waals surface area contributed by atoms with Gasteiger partial charge in [0.15, 0.2) is 0 Å². The van der Waals surface area contributed by atoms with Gasteiger partial charge in [0, 0.05) is 0 Å². The smallest absolute Gasteiger partial charge is 0.0917 e. The van der Waals surface area contributed by atoms with E-state index in [9.17, 15) is 0 Å². The van der Waals surface area contributed by atoms with Gasteiger partial charge in [0.05, 0.1) is 0 Å². The van der Waals surface area contributed by atoms with Crippen LogP contribution in [0.25, 0.3) is 0 Å². The Bertz CT molecular complexity index is 613. The van der Waals surface area contributed by atoms with Gasteiger partial charge in [0.2, 0.25) is 0 Å². The van der Waals surface area contributed by atoms with Gasteiger partial charge in [-0.25, -0.2) is 0 Å². The Hall–Kier alpha value is -1.86. The minimum atomic E-state index is -1.93. The predicted molar refractivity (Wildman–Crippen MR) is 111 cm³/mol. The summed E-state index contributed by atoms with van der Waals surface area (Å²) in [6.07, 6.45) is 8.42. The normalized spacial score (nSPS) is 12.7. The van der Waals surface area contributed by atoms with Crippen LogP contribution in [0, 0.1) is 0 Å². The molecule has 1 heteroatoms. The molecule has 0 spiro atoms. The topological polar surface area (TPSA) is 0 Å². The molecule has 0 saturated heterocycles. The van der Waals surface area contributed by atoms with Crippen molar-refractivity contribution in [1.82, 2.24) is 0 Å². The molecule has 0 aliphatic rings. The first kappa shape index (κ1) is 18.5. The molecule has 24 heavy (non-hydrogen) atoms. The monoisotopic (exact) mass is 334 g/mol. The molecule has 2 aromatic rings. The zero-order valence-electron chi connectivity index (χ0n) is 15.3. The number of hydrogen-bond acceptors (Lipinski definition) is 0. The van der Waals surface area contributed by atoms with Gasteiger partial charge in [-0.15, -0.1) is 0 Å². The van der Waals surface area contributed by atoms with Crippen molar-refractivity contribution in [3.8, 4) is 0 Å². The van der Waals surface area contributed by atoms with Crippen LogP contribution in [-0.4, -0.2) is 8.07 Å². The third kappa shape index (κ3) is 4.58. The Balaban J connectivity index is 2.56. The fraction of sp³-hybridized carbons (Fsp3) is 0.304. The highest BCUT2D eigenvalue weighted by Crippen LogP contribution is 2.20. The molecule has 126 valence electrons. The van der Waals surface area contributed by atoms with Crippen molar-refractivity contribution in [2.45, 2.75) is 46.1 Å². The van der Waals surface area contributed by atoms with Gasteiger partial charge in [0.1, 0.15) is 8.07 Å². The molecule has 2 rings (SSSR count). The number of hydrogen-bond donors (Lipinski definition) is 0. The Kier molecular flexibility index (Phi) is 7.26. The molecule has 0 nitrogen and oxygen atoms in total. The maximum Gasteiger partial charge on any atom is 0.144 e. The van der Waals surface area contributed by atoms with Crippen LogP contribution in [0.5, 0.6) is 0 Å². The van der Waals surface area contributed by atoms with E-state index in [0.717, 1.165) is 6.04 Å². The molecule has 0 amide bonds. The molecular formula is C23H30Si. The summed E-state index contributed by atoms with van der Waals surface area (Å²) < 4.78 is 0. The molecule has 0 N–H and O–H groups in total. The molecule has 0 aromatic heterocycles. The summed E-state index contributed by atoms with van der Waals surface area (Å²) in [5, 5.41) is 3.01. The second kappa shape index (κ2) is 9.44. The standard InChI is InChI=1S/C23H30Si/c1-4-6-7-14-19-24(20-21(3)5-2,22-15-10-8-11-16-22)23-17-12-9-13-18-23/h5,8-19H,4,6-7,20H2,1-3H3/b19-14+,21-5-. The fourth-order valence-electron chi connectivity index (χ4n) is 3.24. The van der Waals surface area contributed by atoms with Crippen LogP contribution in [0.3, 0.4) is 0 Å². The number of unbranched alkanes of at least 4 members (excludes halogenated alkanes) is 2. The Morgan fingerprint density at radius 1 is 0.917 bits per heavy atom. The van der Waals surface area contributed by atoms with E-state index in [0.29, 0.717) is 0 Å². The number of allylic oxidation sites excluding steroid dienone is 3. The lowest BCUT2D eigenvalue weighted by Crippen LogP contribution is -2.57. The van der Waals surface area contributed by atoms with Crippen molar-refractivity contribution in [2.75, 3.05) is 0 Å². The molecule has 0 aliphatic carbocycles. The minimum Gasteiger partial charge on any atom is -0.0917 e. The molecule has 0 atom stereocenters. The minimum absolute atomic E-state index is 1.15. The van der Waals surface area contributed by atoms with E-state index in [1.54, 1.807) is 0 Å². The van der Waals surface area contributed by atoms with E-state index in [2.05, 4.69) is 99.3 Å². The van der Waals surface area contributed by atoms with Crippen molar-refractivity contribution in [2.24, 2.45) is 0 Å². The van der Waals surface area contributed by atoms with E-state index in [1.165, 1.54) is 35.2 Å². The molecule has 2 aromatic carbocycles. The average molecular weight is 335 g/mol. The van der Waals surface area contributed by atoms with Gasteiger partial charge in [0.25, 0.3) is 0 Å². The van der Waals surface area contributed by atoms with Crippen molar-refractivity contribution in [3.63, 3.8) is 0 Å². The summed E-state index contributed by atoms with van der Waals surface area (Å²) in [4.78, 5) is 0. The maximum atomic E-state index is 2.58. The van der Waals surface area contributed by atoms with Gasteiger partial charge in [-0.2, -0.15) is 0 Å². The van der Waals surface area contributed by atoms with Crippen LogP contribution in [0.15, 0.2) is 84.1 Å². The van der Waals surface area contributed by atoms with Crippen LogP contribution in [0.2, 0.25) is 6.04 Å². The summed E-state index contributed by atoms with van der Waals surface area (Å²) in [6, 6.07) is 23.4. The zero-order valence-corrected chi connectivity index (χ0v) is 16.3. The van der Waals surface area contributed by atoms with Crippen molar-refractivity contribution < 1.29 is 0 Å². The van der Waals surface area contributed by atoms with Gasteiger partial charge < -0.3 is 0 Å². The molecule has 0 unspecified atom stereocenters. The predicted octanol–water partition coefficient (Wildman–Crippen LogP) is 5.50. The second-order valence-corrected chi connectivity index (χ2v) is 10.3. The van der Waals surface area contributed by atoms with Crippen LogP contribution in [0.1, 0.15) is 40.0 Å². The Labute approximate surface area is 149 Å². The summed E-state index contributed by atoms with van der Waals surface area (Å²) >= 11 is 0. The quantitative estimate of drug-likeness (QED) is 0.340. The second-order valence-electron chi connectivity index (χ2n) is 6.56. The van der Waals surface area contributed by atoms with Crippen LogP contribution in [0.4, 0.5) is 0 Å². The first-order valence-corrected chi connectivity index (χ1v) is 11.4. The largest absolute Gasteiger partial charge is 0.144 e. The fourth-order valence-corrected chi connectivity index (χ4v) is 7.71. The van der Waals surface area contributed by atoms with Crippen molar-refractivity contribution in [3.05, 3.63) is 84.1 Å². The van der Waals surface area contributed by atoms with E-state index in [4.69, 9.17) is 0 Å². The summed E-state index contributed by atoms with van der Waals surface area (Å²) in [5.41, 5.74) is 4.06. The molecule has 0 saturated carbocycles. The van der Waals surface area contributed by atoms with Crippen LogP contribution in [-0.2, 0) is 0 Å². The van der Waals surface area contributed by atoms with E-state index in [-0.39, 0.29) is 0 Å². The summed E-state index contributed by atoms with van der Waals surface area (Å²) in [5.74, 6) is 0. The lowest BCUT2D eigenvalue weighted by Gasteiger charge is -2.30. The van der Waals surface area contributed by atoms with Crippen LogP contribution >= 0.6 is 0 Å². The Morgan fingerprint density at radius 2 is 1.46 bits per heavy atom. The van der Waals surface area contributed by atoms with Gasteiger partial charge in [-0.05, 0) is 36.7 Å². The van der Waals surface area contributed by atoms with E-state index >= 15 is 0 Å². The SMILES string of the molecule is C/C=C(/C)C[Si](/C=C/CCCC)(c1ccccc1)c1ccccc1. The number of benzene rings is 2. The molecule has 0 bridgehead atoms. The third-order valence-corrected chi connectivity index (χ3v) is 9.40. The van der Waals surface area contributed by atoms with Crippen molar-refractivity contribution >= 4 is 18.4 Å². The van der Waals surface area contributed by atoms with Gasteiger partial charge in [-0.3, -0.25) is 0 Å². The number of rotatable bonds is 8. The maximum absolute atomic E-state index is 2.58. The highest BCUT2D eigenvalue weighted by molar-refractivity contribution is 7.06. The molecular weight excluding hydrogens is 304 g/mol. The summed E-state index contributed by atoms with van der Waals surface area (Å²) in [7, 11) is -1.93. The lowest BCUT2D eigenvalue weighted by atomic mass is 10.2. The first-order valence-electron chi connectivity index (χ1n) is 9.13. The van der Waals surface area contributed by atoms with E-state index in [1.807, 2.05) is 0 Å². The van der Waals surface area contributed by atoms with Gasteiger partial charge in [-0.1, -0.05) is 104 Å². The van der Waals surface area contributed by atoms with Crippen LogP contribution < -0.4 is 10.4 Å². The lowest BCUT2D eigenvalue weighted by molar-refractivity contribution is 0.815. The third-order valence-electron chi connectivity index (χ3n) is 4.76. The van der Waals surface area contributed by atoms with Gasteiger partial charge >= 0.3 is 0 Å². The highest BCUT2D eigenvalue weighted by Gasteiger charge is 2.34. The van der Waals surface area contributed by atoms with E-state index < -0.39 is 8.07 Å². The first-order chi connectivity index (χ1) is 11.7. The Morgan fingerprint density at radius 3 is 1.92 bits per heavy atom. The molecule has 0 aliphatic heterocycles. The summed E-state index contributed by atoms with van der Waals surface area (Å²) in [6.45, 7) is 6.69. The molecule has 0 heterocycles.